The maximum absolute atomic E-state index is 14.7. The zero-order valence-electron chi connectivity index (χ0n) is 21.2. The maximum atomic E-state index is 14.7. The number of benzene rings is 3. The van der Waals surface area contributed by atoms with Crippen molar-refractivity contribution in [2.45, 2.75) is 38.3 Å². The van der Waals surface area contributed by atoms with Gasteiger partial charge in [-0.15, -0.1) is 0 Å². The fraction of sp³-hybridized carbons (Fsp3) is 0.345. The molecule has 1 saturated heterocycles. The number of carbonyl (C=O) groups is 1. The second kappa shape index (κ2) is 13.0. The first-order valence-corrected chi connectivity index (χ1v) is 13.4. The van der Waals surface area contributed by atoms with Gasteiger partial charge in [0.05, 0.1) is 5.56 Å². The summed E-state index contributed by atoms with van der Waals surface area (Å²) in [4.78, 5) is 16.5. The number of carbonyl (C=O) groups excluding carboxylic acids is 1. The molecular formula is C29H29Cl2F4N3O. The summed E-state index contributed by atoms with van der Waals surface area (Å²) in [7, 11) is 0. The second-order valence-corrected chi connectivity index (χ2v) is 10.3. The van der Waals surface area contributed by atoms with Gasteiger partial charge >= 0.3 is 6.18 Å². The molecule has 1 N–H and O–H groups in total. The topological polar surface area (TPSA) is 35.6 Å². The van der Waals surface area contributed by atoms with Gasteiger partial charge in [0, 0.05) is 61.3 Å². The molecular weight excluding hydrogens is 553 g/mol. The number of rotatable bonds is 9. The van der Waals surface area contributed by atoms with E-state index in [9.17, 15) is 22.4 Å². The SMILES string of the molecule is O=C(CCc1ccc(Cl)cc1Cl)N1CCN(c2ccc(C(F)(F)F)cc2CNC(F)Cc2ccccc2)CC1. The minimum Gasteiger partial charge on any atom is -0.368 e. The quantitative estimate of drug-likeness (QED) is 0.220. The van der Waals surface area contributed by atoms with Gasteiger partial charge in [0.2, 0.25) is 5.91 Å². The van der Waals surface area contributed by atoms with Crippen LogP contribution in [0.3, 0.4) is 0 Å². The first-order chi connectivity index (χ1) is 18.6. The van der Waals surface area contributed by atoms with Gasteiger partial charge in [-0.3, -0.25) is 10.1 Å². The molecule has 0 spiro atoms. The molecule has 1 fully saturated rings. The highest BCUT2D eigenvalue weighted by Crippen LogP contribution is 2.33. The Kier molecular flexibility index (Phi) is 9.75. The third-order valence-electron chi connectivity index (χ3n) is 6.77. The predicted octanol–water partition coefficient (Wildman–Crippen LogP) is 6.92. The minimum absolute atomic E-state index is 0.0174. The fourth-order valence-electron chi connectivity index (χ4n) is 4.65. The molecule has 10 heteroatoms. The normalized spacial score (nSPS) is 14.9. The Morgan fingerprint density at radius 2 is 1.64 bits per heavy atom. The molecule has 0 radical (unpaired) electrons. The van der Waals surface area contributed by atoms with Gasteiger partial charge in [0.15, 0.2) is 6.30 Å². The van der Waals surface area contributed by atoms with Crippen molar-refractivity contribution in [1.29, 1.82) is 0 Å². The molecule has 4 nitrogen and oxygen atoms in total. The van der Waals surface area contributed by atoms with Crippen molar-refractivity contribution < 1.29 is 22.4 Å². The third kappa shape index (κ3) is 8.10. The molecule has 0 aliphatic carbocycles. The van der Waals surface area contributed by atoms with Gasteiger partial charge in [0.25, 0.3) is 0 Å². The summed E-state index contributed by atoms with van der Waals surface area (Å²) < 4.78 is 55.0. The van der Waals surface area contributed by atoms with E-state index in [1.165, 1.54) is 6.07 Å². The molecule has 0 aromatic heterocycles. The van der Waals surface area contributed by atoms with E-state index in [0.717, 1.165) is 23.3 Å². The number of alkyl halides is 4. The van der Waals surface area contributed by atoms with E-state index in [2.05, 4.69) is 5.32 Å². The zero-order chi connectivity index (χ0) is 28.0. The lowest BCUT2D eigenvalue weighted by Crippen LogP contribution is -2.49. The van der Waals surface area contributed by atoms with Gasteiger partial charge in [0.1, 0.15) is 0 Å². The Morgan fingerprint density at radius 3 is 2.31 bits per heavy atom. The largest absolute Gasteiger partial charge is 0.416 e. The molecule has 3 aromatic carbocycles. The molecule has 1 aliphatic heterocycles. The van der Waals surface area contributed by atoms with Crippen molar-refractivity contribution in [3.63, 3.8) is 0 Å². The van der Waals surface area contributed by atoms with E-state index in [1.54, 1.807) is 35.2 Å². The molecule has 1 heterocycles. The van der Waals surface area contributed by atoms with Crippen LogP contribution in [0.25, 0.3) is 0 Å². The average molecular weight is 582 g/mol. The molecule has 4 rings (SSSR count). The predicted molar refractivity (Wildman–Crippen MR) is 147 cm³/mol. The summed E-state index contributed by atoms with van der Waals surface area (Å²) in [6, 6.07) is 17.8. The lowest BCUT2D eigenvalue weighted by molar-refractivity contribution is -0.137. The molecule has 1 atom stereocenters. The van der Waals surface area contributed by atoms with Crippen LogP contribution in [0.5, 0.6) is 0 Å². The van der Waals surface area contributed by atoms with E-state index in [0.29, 0.717) is 53.9 Å². The van der Waals surface area contributed by atoms with Crippen molar-refractivity contribution in [3.05, 3.63) is 99.0 Å². The summed E-state index contributed by atoms with van der Waals surface area (Å²) in [5.41, 5.74) is 1.81. The van der Waals surface area contributed by atoms with Crippen LogP contribution in [0.15, 0.2) is 66.7 Å². The second-order valence-electron chi connectivity index (χ2n) is 9.48. The van der Waals surface area contributed by atoms with Crippen molar-refractivity contribution in [1.82, 2.24) is 10.2 Å². The van der Waals surface area contributed by atoms with Gasteiger partial charge in [-0.25, -0.2) is 4.39 Å². The lowest BCUT2D eigenvalue weighted by atomic mass is 10.1. The molecule has 1 aliphatic rings. The number of nitrogens with zero attached hydrogens (tertiary/aromatic N) is 2. The van der Waals surface area contributed by atoms with Crippen LogP contribution >= 0.6 is 23.2 Å². The summed E-state index contributed by atoms with van der Waals surface area (Å²) in [6.07, 6.45) is -5.05. The highest BCUT2D eigenvalue weighted by Gasteiger charge is 2.32. The van der Waals surface area contributed by atoms with E-state index < -0.39 is 18.0 Å². The number of nitrogens with one attached hydrogen (secondary N) is 1. The number of hydrogen-bond donors (Lipinski definition) is 1. The molecule has 0 saturated carbocycles. The number of aryl methyl sites for hydroxylation is 1. The average Bonchev–Trinajstić information content (AvgIpc) is 2.91. The van der Waals surface area contributed by atoms with Crippen molar-refractivity contribution in [2.75, 3.05) is 31.1 Å². The Balaban J connectivity index is 1.38. The molecule has 1 amide bonds. The Labute approximate surface area is 235 Å². The smallest absolute Gasteiger partial charge is 0.368 e. The number of hydrogen-bond acceptors (Lipinski definition) is 3. The van der Waals surface area contributed by atoms with Crippen LogP contribution in [0.2, 0.25) is 10.0 Å². The van der Waals surface area contributed by atoms with Gasteiger partial charge in [-0.05, 0) is 53.4 Å². The Hall–Kier alpha value is -2.81. The van der Waals surface area contributed by atoms with Crippen LogP contribution in [-0.2, 0) is 30.4 Å². The van der Waals surface area contributed by atoms with Gasteiger partial charge < -0.3 is 9.80 Å². The minimum atomic E-state index is -4.51. The van der Waals surface area contributed by atoms with Crippen LogP contribution in [0.4, 0.5) is 23.2 Å². The van der Waals surface area contributed by atoms with Crippen molar-refractivity contribution >= 4 is 34.8 Å². The van der Waals surface area contributed by atoms with Crippen LogP contribution in [0, 0.1) is 0 Å². The summed E-state index contributed by atoms with van der Waals surface area (Å²) in [5, 5.41) is 3.77. The number of halogens is 6. The molecule has 3 aromatic rings. The molecule has 208 valence electrons. The highest BCUT2D eigenvalue weighted by molar-refractivity contribution is 6.35. The van der Waals surface area contributed by atoms with Gasteiger partial charge in [-0.1, -0.05) is 59.6 Å². The zero-order valence-corrected chi connectivity index (χ0v) is 22.7. The van der Waals surface area contributed by atoms with Crippen LogP contribution < -0.4 is 10.2 Å². The summed E-state index contributed by atoms with van der Waals surface area (Å²) in [5.74, 6) is -0.0174. The fourth-order valence-corrected chi connectivity index (χ4v) is 5.15. The van der Waals surface area contributed by atoms with Crippen molar-refractivity contribution in [3.8, 4) is 0 Å². The molecule has 1 unspecified atom stereocenters. The highest BCUT2D eigenvalue weighted by atomic mass is 35.5. The molecule has 39 heavy (non-hydrogen) atoms. The Morgan fingerprint density at radius 1 is 0.923 bits per heavy atom. The number of anilines is 1. The third-order valence-corrected chi connectivity index (χ3v) is 7.36. The standard InChI is InChI=1S/C29H29Cl2F4N3O/c30-24-9-6-21(25(31)18-24)7-11-28(39)38-14-12-37(13-15-38)26-10-8-23(29(33,34)35)17-22(26)19-36-27(32)16-20-4-2-1-3-5-20/h1-6,8-10,17-18,27,36H,7,11-16,19H2. The monoisotopic (exact) mass is 581 g/mol. The summed E-state index contributed by atoms with van der Waals surface area (Å²) in [6.45, 7) is 1.71. The van der Waals surface area contributed by atoms with Crippen LogP contribution in [-0.4, -0.2) is 43.3 Å². The Bertz CT molecular complexity index is 1270. The first-order valence-electron chi connectivity index (χ1n) is 12.7. The van der Waals surface area contributed by atoms with E-state index in [4.69, 9.17) is 23.2 Å². The van der Waals surface area contributed by atoms with Crippen molar-refractivity contribution in [2.24, 2.45) is 0 Å². The number of amides is 1. The molecule has 0 bridgehead atoms. The van der Waals surface area contributed by atoms with E-state index in [-0.39, 0.29) is 25.3 Å². The van der Waals surface area contributed by atoms with Crippen LogP contribution in [0.1, 0.15) is 28.7 Å². The van der Waals surface area contributed by atoms with Gasteiger partial charge in [-0.2, -0.15) is 13.2 Å². The van der Waals surface area contributed by atoms with E-state index >= 15 is 0 Å². The lowest BCUT2D eigenvalue weighted by Gasteiger charge is -2.37. The first kappa shape index (κ1) is 29.2. The maximum Gasteiger partial charge on any atom is 0.416 e. The summed E-state index contributed by atoms with van der Waals surface area (Å²) >= 11 is 12.1. The van der Waals surface area contributed by atoms with E-state index in [1.807, 2.05) is 23.1 Å². The number of piperazine rings is 1.